The Hall–Kier alpha value is -1.45. The van der Waals surface area contributed by atoms with Crippen LogP contribution in [0.1, 0.15) is 31.6 Å². The van der Waals surface area contributed by atoms with Crippen LogP contribution in [0.3, 0.4) is 0 Å². The first-order chi connectivity index (χ1) is 12.2. The highest BCUT2D eigenvalue weighted by Crippen LogP contribution is 2.23. The minimum Gasteiger partial charge on any atom is -0.326 e. The van der Waals surface area contributed by atoms with Gasteiger partial charge in [0.25, 0.3) is 5.91 Å². The highest BCUT2D eigenvalue weighted by molar-refractivity contribution is 7.91. The Kier molecular flexibility index (Phi) is 5.69. The molecule has 26 heavy (non-hydrogen) atoms. The number of carbonyl (C=O) groups is 2. The molecule has 2 aliphatic rings. The van der Waals surface area contributed by atoms with Crippen molar-refractivity contribution in [2.24, 2.45) is 5.92 Å². The maximum Gasteiger partial charge on any atom is 0.325 e. The quantitative estimate of drug-likeness (QED) is 0.705. The zero-order chi connectivity index (χ0) is 18.9. The van der Waals surface area contributed by atoms with E-state index in [1.807, 2.05) is 36.3 Å². The molecule has 0 radical (unpaired) electrons. The van der Waals surface area contributed by atoms with Gasteiger partial charge in [0.2, 0.25) is 0 Å². The Bertz CT molecular complexity index is 761. The molecule has 0 aliphatic carbocycles. The molecule has 0 unspecified atom stereocenters. The topological polar surface area (TPSA) is 86.8 Å². The van der Waals surface area contributed by atoms with Crippen LogP contribution in [0.2, 0.25) is 0 Å². The zero-order valence-corrected chi connectivity index (χ0v) is 16.7. The molecule has 3 rings (SSSR count). The highest BCUT2D eigenvalue weighted by atomic mass is 32.2. The number of hydrogen-bond donors (Lipinski definition) is 1. The molecule has 144 valence electrons. The maximum atomic E-state index is 12.6. The van der Waals surface area contributed by atoms with Crippen LogP contribution in [-0.2, 0) is 21.2 Å². The van der Waals surface area contributed by atoms with Gasteiger partial charge < -0.3 is 5.32 Å². The Morgan fingerprint density at radius 2 is 2.15 bits per heavy atom. The molecular formula is C17H25N3O4S2. The van der Waals surface area contributed by atoms with Gasteiger partial charge in [-0.3, -0.25) is 9.69 Å². The first kappa shape index (κ1) is 19.3. The highest BCUT2D eigenvalue weighted by Gasteiger charge is 2.41. The van der Waals surface area contributed by atoms with Crippen LogP contribution in [0.4, 0.5) is 4.79 Å². The molecule has 1 aromatic heterocycles. The molecule has 2 atom stereocenters. The fourth-order valence-electron chi connectivity index (χ4n) is 3.48. The first-order valence-electron chi connectivity index (χ1n) is 8.84. The van der Waals surface area contributed by atoms with Gasteiger partial charge in [-0.05, 0) is 30.2 Å². The predicted octanol–water partition coefficient (Wildman–Crippen LogP) is 1.66. The number of carbonyl (C=O) groups excluding carboxylic acids is 2. The van der Waals surface area contributed by atoms with E-state index in [0.717, 1.165) is 4.88 Å². The van der Waals surface area contributed by atoms with E-state index in [0.29, 0.717) is 25.3 Å². The van der Waals surface area contributed by atoms with Crippen molar-refractivity contribution >= 4 is 33.1 Å². The summed E-state index contributed by atoms with van der Waals surface area (Å²) in [4.78, 5) is 29.2. The van der Waals surface area contributed by atoms with Gasteiger partial charge in [0, 0.05) is 17.5 Å². The summed E-state index contributed by atoms with van der Waals surface area (Å²) in [6, 6.07) is 2.87. The van der Waals surface area contributed by atoms with Gasteiger partial charge in [0.05, 0.1) is 18.2 Å². The Morgan fingerprint density at radius 3 is 2.73 bits per heavy atom. The number of thiophene rings is 1. The molecule has 0 spiro atoms. The van der Waals surface area contributed by atoms with Gasteiger partial charge in [-0.25, -0.2) is 18.1 Å². The lowest BCUT2D eigenvalue weighted by atomic mass is 10.0. The van der Waals surface area contributed by atoms with E-state index in [-0.39, 0.29) is 30.1 Å². The summed E-state index contributed by atoms with van der Waals surface area (Å²) in [5.41, 5.74) is 0. The van der Waals surface area contributed by atoms with Crippen molar-refractivity contribution in [2.45, 2.75) is 45.3 Å². The fraction of sp³-hybridized carbons (Fsp3) is 0.647. The van der Waals surface area contributed by atoms with Crippen molar-refractivity contribution in [3.05, 3.63) is 22.4 Å². The van der Waals surface area contributed by atoms with Gasteiger partial charge >= 0.3 is 6.03 Å². The molecule has 9 heteroatoms. The lowest BCUT2D eigenvalue weighted by molar-refractivity contribution is -0.129. The van der Waals surface area contributed by atoms with Crippen molar-refractivity contribution in [1.82, 2.24) is 15.1 Å². The molecule has 2 fully saturated rings. The second-order valence-corrected chi connectivity index (χ2v) is 10.7. The average Bonchev–Trinajstić information content (AvgIpc) is 3.23. The summed E-state index contributed by atoms with van der Waals surface area (Å²) in [6.07, 6.45) is 1.14. The molecule has 7 nitrogen and oxygen atoms in total. The SMILES string of the molecule is CC(C)C[C@@H]1NC(=O)N(CN(Cc2cccs2)[C@H]2CCS(=O)(=O)C2)C1=O. The molecule has 2 aliphatic heterocycles. The normalized spacial score (nSPS) is 25.5. The van der Waals surface area contributed by atoms with E-state index in [1.54, 1.807) is 11.3 Å². The lowest BCUT2D eigenvalue weighted by Crippen LogP contribution is -2.46. The molecule has 3 amide bonds. The molecule has 3 heterocycles. The van der Waals surface area contributed by atoms with E-state index in [2.05, 4.69) is 5.32 Å². The second kappa shape index (κ2) is 7.66. The summed E-state index contributed by atoms with van der Waals surface area (Å²) in [6.45, 7) is 4.67. The average molecular weight is 400 g/mol. The molecular weight excluding hydrogens is 374 g/mol. The monoisotopic (exact) mass is 399 g/mol. The number of urea groups is 1. The van der Waals surface area contributed by atoms with Gasteiger partial charge in [0.1, 0.15) is 6.04 Å². The molecule has 0 bridgehead atoms. The van der Waals surface area contributed by atoms with Crippen LogP contribution in [0.5, 0.6) is 0 Å². The Labute approximate surface area is 158 Å². The minimum absolute atomic E-state index is 0.0808. The standard InChI is InChI=1S/C17H25N3O4S2/c1-12(2)8-15-16(21)20(17(22)18-15)11-19(9-14-4-3-6-25-14)13-5-7-26(23,24)10-13/h3-4,6,12-13,15H,5,7-11H2,1-2H3,(H,18,22)/t13-,15-/m0/s1. The van der Waals surface area contributed by atoms with E-state index < -0.39 is 21.9 Å². The van der Waals surface area contributed by atoms with Crippen LogP contribution in [0.15, 0.2) is 17.5 Å². The number of nitrogens with one attached hydrogen (secondary N) is 1. The third-order valence-electron chi connectivity index (χ3n) is 4.80. The zero-order valence-electron chi connectivity index (χ0n) is 15.1. The molecule has 2 saturated heterocycles. The van der Waals surface area contributed by atoms with E-state index in [1.165, 1.54) is 4.90 Å². The molecule has 1 N–H and O–H groups in total. The number of imide groups is 1. The van der Waals surface area contributed by atoms with Crippen molar-refractivity contribution in [3.8, 4) is 0 Å². The van der Waals surface area contributed by atoms with Crippen molar-refractivity contribution in [2.75, 3.05) is 18.2 Å². The summed E-state index contributed by atoms with van der Waals surface area (Å²) in [5.74, 6) is 0.318. The Balaban J connectivity index is 1.75. The third kappa shape index (κ3) is 4.44. The van der Waals surface area contributed by atoms with E-state index in [9.17, 15) is 18.0 Å². The van der Waals surface area contributed by atoms with Crippen LogP contribution < -0.4 is 5.32 Å². The smallest absolute Gasteiger partial charge is 0.325 e. The summed E-state index contributed by atoms with van der Waals surface area (Å²) in [7, 11) is -3.05. The van der Waals surface area contributed by atoms with Crippen molar-refractivity contribution in [3.63, 3.8) is 0 Å². The number of nitrogens with zero attached hydrogens (tertiary/aromatic N) is 2. The third-order valence-corrected chi connectivity index (χ3v) is 7.41. The van der Waals surface area contributed by atoms with Crippen LogP contribution >= 0.6 is 11.3 Å². The van der Waals surface area contributed by atoms with E-state index in [4.69, 9.17) is 0 Å². The number of hydrogen-bond acceptors (Lipinski definition) is 6. The lowest BCUT2D eigenvalue weighted by Gasteiger charge is -2.30. The molecule has 0 saturated carbocycles. The number of amides is 3. The number of rotatable bonds is 7. The minimum atomic E-state index is -3.05. The largest absolute Gasteiger partial charge is 0.326 e. The summed E-state index contributed by atoms with van der Waals surface area (Å²) < 4.78 is 23.8. The molecule has 1 aromatic rings. The van der Waals surface area contributed by atoms with Gasteiger partial charge in [0.15, 0.2) is 9.84 Å². The fourth-order valence-corrected chi connectivity index (χ4v) is 5.98. The van der Waals surface area contributed by atoms with Gasteiger partial charge in [-0.2, -0.15) is 0 Å². The number of sulfone groups is 1. The van der Waals surface area contributed by atoms with Gasteiger partial charge in [-0.1, -0.05) is 19.9 Å². The first-order valence-corrected chi connectivity index (χ1v) is 11.5. The van der Waals surface area contributed by atoms with Crippen molar-refractivity contribution < 1.29 is 18.0 Å². The predicted molar refractivity (Wildman–Crippen MR) is 100 cm³/mol. The molecule has 0 aromatic carbocycles. The second-order valence-electron chi connectivity index (χ2n) is 7.42. The summed E-state index contributed by atoms with van der Waals surface area (Å²) >= 11 is 1.58. The van der Waals surface area contributed by atoms with Crippen molar-refractivity contribution in [1.29, 1.82) is 0 Å². The summed E-state index contributed by atoms with van der Waals surface area (Å²) in [5, 5.41) is 4.71. The maximum absolute atomic E-state index is 12.6. The van der Waals surface area contributed by atoms with E-state index >= 15 is 0 Å². The van der Waals surface area contributed by atoms with Gasteiger partial charge in [-0.15, -0.1) is 11.3 Å². The Morgan fingerprint density at radius 1 is 1.38 bits per heavy atom. The van der Waals surface area contributed by atoms with Crippen LogP contribution in [-0.4, -0.2) is 60.4 Å². The van der Waals surface area contributed by atoms with Crippen LogP contribution in [0.25, 0.3) is 0 Å². The van der Waals surface area contributed by atoms with Crippen LogP contribution in [0, 0.1) is 5.92 Å².